The fraction of sp³-hybridized carbons (Fsp3) is 0.515. The molecule has 2 aliphatic carbocycles. The van der Waals surface area contributed by atoms with Gasteiger partial charge in [-0.15, -0.1) is 0 Å². The lowest BCUT2D eigenvalue weighted by atomic mass is 9.86. The third-order valence-electron chi connectivity index (χ3n) is 7.31. The first-order chi connectivity index (χ1) is 16.4. The Hall–Kier alpha value is -2.28. The van der Waals surface area contributed by atoms with Crippen LogP contribution in [0.1, 0.15) is 89.3 Å². The van der Waals surface area contributed by atoms with Crippen molar-refractivity contribution in [2.75, 3.05) is 11.9 Å². The van der Waals surface area contributed by atoms with E-state index in [2.05, 4.69) is 100 Å². The van der Waals surface area contributed by atoms with E-state index in [-0.39, 0.29) is 0 Å². The van der Waals surface area contributed by atoms with Crippen LogP contribution in [-0.4, -0.2) is 13.1 Å². The van der Waals surface area contributed by atoms with Crippen molar-refractivity contribution in [2.24, 2.45) is 5.92 Å². The van der Waals surface area contributed by atoms with Crippen molar-refractivity contribution in [3.8, 4) is 0 Å². The van der Waals surface area contributed by atoms with Crippen LogP contribution in [0.25, 0.3) is 0 Å². The second-order valence-corrected chi connectivity index (χ2v) is 10.1. The van der Waals surface area contributed by atoms with Crippen molar-refractivity contribution < 1.29 is 0 Å². The summed E-state index contributed by atoms with van der Waals surface area (Å²) in [5.74, 6) is 0.921. The number of aryl methyl sites for hydroxylation is 3. The van der Waals surface area contributed by atoms with Gasteiger partial charge in [0, 0.05) is 18.8 Å². The molecule has 0 saturated heterocycles. The summed E-state index contributed by atoms with van der Waals surface area (Å²) in [5, 5.41) is 0. The zero-order valence-corrected chi connectivity index (χ0v) is 23.0. The number of allylic oxidation sites excluding steroid dienone is 3. The Morgan fingerprint density at radius 1 is 0.706 bits per heavy atom. The van der Waals surface area contributed by atoms with Crippen LogP contribution >= 0.6 is 0 Å². The summed E-state index contributed by atoms with van der Waals surface area (Å²) in [6.07, 6.45) is 15.2. The van der Waals surface area contributed by atoms with Crippen LogP contribution in [0.15, 0.2) is 71.8 Å². The minimum absolute atomic E-state index is 0.673. The van der Waals surface area contributed by atoms with E-state index in [0.717, 1.165) is 5.92 Å². The number of anilines is 1. The smallest absolute Gasteiger partial charge is 0.0366 e. The average Bonchev–Trinajstić information content (AvgIpc) is 2.87. The molecule has 1 nitrogen and oxygen atoms in total. The van der Waals surface area contributed by atoms with Gasteiger partial charge in [-0.2, -0.15) is 0 Å². The normalized spacial score (nSPS) is 19.5. The summed E-state index contributed by atoms with van der Waals surface area (Å²) in [6.45, 7) is 12.8. The van der Waals surface area contributed by atoms with Gasteiger partial charge in [-0.05, 0) is 103 Å². The zero-order chi connectivity index (χ0) is 24.9. The highest BCUT2D eigenvalue weighted by molar-refractivity contribution is 5.48. The van der Waals surface area contributed by atoms with E-state index in [0.29, 0.717) is 6.04 Å². The second kappa shape index (κ2) is 14.9. The van der Waals surface area contributed by atoms with E-state index in [1.807, 2.05) is 13.8 Å². The molecule has 2 aromatic rings. The quantitative estimate of drug-likeness (QED) is 0.402. The summed E-state index contributed by atoms with van der Waals surface area (Å²) in [4.78, 5) is 2.42. The Bertz CT molecular complexity index is 885. The molecule has 4 rings (SSSR count). The van der Waals surface area contributed by atoms with Crippen LogP contribution in [0.5, 0.6) is 0 Å². The molecule has 0 aliphatic heterocycles. The highest BCUT2D eigenvalue weighted by atomic mass is 15.1. The molecule has 0 aromatic heterocycles. The first-order valence-electron chi connectivity index (χ1n) is 13.6. The lowest BCUT2D eigenvalue weighted by molar-refractivity contribution is 0.437. The number of hydrogen-bond donors (Lipinski definition) is 0. The minimum Gasteiger partial charge on any atom is -0.371 e. The SMILES string of the molecule is CC.CC1=CCC(CCc2ccc(C)cc2)CC1.CC1=CCC(N(C)c2ccc(C)cc2)CC1. The number of nitrogens with zero attached hydrogens (tertiary/aromatic N) is 1. The lowest BCUT2D eigenvalue weighted by Crippen LogP contribution is -2.32. The van der Waals surface area contributed by atoms with Crippen LogP contribution in [0.2, 0.25) is 0 Å². The molecule has 0 spiro atoms. The van der Waals surface area contributed by atoms with Crippen molar-refractivity contribution in [3.63, 3.8) is 0 Å². The molecular weight excluding hydrogens is 410 g/mol. The predicted octanol–water partition coefficient (Wildman–Crippen LogP) is 9.63. The van der Waals surface area contributed by atoms with Crippen LogP contribution in [0.4, 0.5) is 5.69 Å². The topological polar surface area (TPSA) is 3.24 Å². The molecule has 186 valence electrons. The van der Waals surface area contributed by atoms with Crippen LogP contribution in [-0.2, 0) is 6.42 Å². The molecule has 0 radical (unpaired) electrons. The van der Waals surface area contributed by atoms with Gasteiger partial charge in [-0.3, -0.25) is 0 Å². The standard InChI is InChI=1S/C16H22.C15H21N.C2H6/c1-13-3-7-15(8-4-13)11-12-16-9-5-14(2)6-10-16;1-12-4-8-14(9-5-12)16(3)15-10-6-13(2)7-11-15;1-2/h3-5,7-8,16H,6,9-12H2,1-2H3;4-6,8-9,15H,7,10-11H2,1-3H3;1-2H3. The van der Waals surface area contributed by atoms with Gasteiger partial charge in [0.2, 0.25) is 0 Å². The molecular formula is C33H49N. The van der Waals surface area contributed by atoms with Gasteiger partial charge in [0.25, 0.3) is 0 Å². The van der Waals surface area contributed by atoms with E-state index in [4.69, 9.17) is 0 Å². The molecule has 0 bridgehead atoms. The van der Waals surface area contributed by atoms with Gasteiger partial charge in [0.15, 0.2) is 0 Å². The third-order valence-corrected chi connectivity index (χ3v) is 7.31. The average molecular weight is 460 g/mol. The number of rotatable bonds is 5. The van der Waals surface area contributed by atoms with E-state index >= 15 is 0 Å². The fourth-order valence-electron chi connectivity index (χ4n) is 4.70. The largest absolute Gasteiger partial charge is 0.371 e. The minimum atomic E-state index is 0.673. The van der Waals surface area contributed by atoms with Crippen molar-refractivity contribution >= 4 is 5.69 Å². The molecule has 0 saturated carbocycles. The Balaban J connectivity index is 0.000000224. The second-order valence-electron chi connectivity index (χ2n) is 10.1. The Labute approximate surface area is 211 Å². The van der Waals surface area contributed by atoms with Crippen molar-refractivity contribution in [1.82, 2.24) is 0 Å². The zero-order valence-electron chi connectivity index (χ0n) is 23.0. The summed E-state index contributed by atoms with van der Waals surface area (Å²) >= 11 is 0. The summed E-state index contributed by atoms with van der Waals surface area (Å²) in [7, 11) is 2.21. The van der Waals surface area contributed by atoms with Gasteiger partial charge < -0.3 is 4.90 Å². The van der Waals surface area contributed by atoms with Crippen LogP contribution in [0.3, 0.4) is 0 Å². The molecule has 0 amide bonds. The van der Waals surface area contributed by atoms with Gasteiger partial charge in [-0.25, -0.2) is 0 Å². The van der Waals surface area contributed by atoms with E-state index in [1.54, 1.807) is 11.1 Å². The summed E-state index contributed by atoms with van der Waals surface area (Å²) in [6, 6.07) is 18.5. The maximum Gasteiger partial charge on any atom is 0.0366 e. The van der Waals surface area contributed by atoms with Gasteiger partial charge >= 0.3 is 0 Å². The molecule has 0 fully saturated rings. The molecule has 2 aromatic carbocycles. The highest BCUT2D eigenvalue weighted by Crippen LogP contribution is 2.27. The molecule has 34 heavy (non-hydrogen) atoms. The Kier molecular flexibility index (Phi) is 12.2. The van der Waals surface area contributed by atoms with Gasteiger partial charge in [0.05, 0.1) is 0 Å². The first kappa shape index (κ1) is 28.0. The van der Waals surface area contributed by atoms with Crippen LogP contribution < -0.4 is 4.90 Å². The van der Waals surface area contributed by atoms with Crippen molar-refractivity contribution in [2.45, 2.75) is 99.0 Å². The first-order valence-corrected chi connectivity index (χ1v) is 13.6. The summed E-state index contributed by atoms with van der Waals surface area (Å²) in [5.41, 5.74) is 8.66. The number of hydrogen-bond acceptors (Lipinski definition) is 1. The maximum absolute atomic E-state index is 2.43. The fourth-order valence-corrected chi connectivity index (χ4v) is 4.70. The molecule has 2 aliphatic rings. The molecule has 2 unspecified atom stereocenters. The van der Waals surface area contributed by atoms with E-state index < -0.39 is 0 Å². The monoisotopic (exact) mass is 459 g/mol. The number of benzene rings is 2. The third kappa shape index (κ3) is 9.53. The van der Waals surface area contributed by atoms with Crippen molar-refractivity contribution in [3.05, 3.63) is 88.5 Å². The van der Waals surface area contributed by atoms with E-state index in [9.17, 15) is 0 Å². The molecule has 1 heteroatoms. The van der Waals surface area contributed by atoms with Gasteiger partial charge in [-0.1, -0.05) is 84.7 Å². The lowest BCUT2D eigenvalue weighted by Gasteiger charge is -2.32. The molecule has 0 heterocycles. The van der Waals surface area contributed by atoms with Crippen molar-refractivity contribution in [1.29, 1.82) is 0 Å². The van der Waals surface area contributed by atoms with E-state index in [1.165, 1.54) is 73.7 Å². The Morgan fingerprint density at radius 3 is 1.74 bits per heavy atom. The highest BCUT2D eigenvalue weighted by Gasteiger charge is 2.17. The Morgan fingerprint density at radius 2 is 1.24 bits per heavy atom. The predicted molar refractivity (Wildman–Crippen MR) is 153 cm³/mol. The maximum atomic E-state index is 2.43. The van der Waals surface area contributed by atoms with Crippen LogP contribution in [0, 0.1) is 19.8 Å². The molecule has 2 atom stereocenters. The van der Waals surface area contributed by atoms with Gasteiger partial charge in [0.1, 0.15) is 0 Å². The summed E-state index contributed by atoms with van der Waals surface area (Å²) < 4.78 is 0. The molecule has 0 N–H and O–H groups in total.